The van der Waals surface area contributed by atoms with E-state index in [-0.39, 0.29) is 36.3 Å². The first-order chi connectivity index (χ1) is 12.8. The summed E-state index contributed by atoms with van der Waals surface area (Å²) in [6, 6.07) is 6.02. The number of nitrogens with zero attached hydrogens (tertiary/aromatic N) is 2. The number of hydrogen-bond donors (Lipinski definition) is 2. The molecule has 2 rings (SSSR count). The van der Waals surface area contributed by atoms with Crippen molar-refractivity contribution in [1.82, 2.24) is 15.6 Å². The zero-order chi connectivity index (χ0) is 19.9. The van der Waals surface area contributed by atoms with Crippen LogP contribution in [0.25, 0.3) is 0 Å². The second-order valence-electron chi connectivity index (χ2n) is 6.09. The number of para-hydroxylation sites is 1. The third-order valence-electron chi connectivity index (χ3n) is 3.61. The van der Waals surface area contributed by atoms with Crippen LogP contribution in [0.2, 0.25) is 0 Å². The molecule has 0 aliphatic rings. The minimum absolute atomic E-state index is 0. The van der Waals surface area contributed by atoms with Gasteiger partial charge in [0, 0.05) is 43.4 Å². The Hall–Kier alpha value is -1.56. The van der Waals surface area contributed by atoms with Crippen LogP contribution in [0.4, 0.5) is 13.2 Å². The predicted octanol–water partition coefficient (Wildman–Crippen LogP) is 4.69. The largest absolute Gasteiger partial charge is 0.573 e. The maximum atomic E-state index is 12.5. The highest BCUT2D eigenvalue weighted by Gasteiger charge is 2.31. The van der Waals surface area contributed by atoms with Crippen molar-refractivity contribution in [3.63, 3.8) is 0 Å². The van der Waals surface area contributed by atoms with Crippen molar-refractivity contribution in [1.29, 1.82) is 0 Å². The Morgan fingerprint density at radius 1 is 1.25 bits per heavy atom. The Kier molecular flexibility index (Phi) is 10.0. The molecule has 10 heteroatoms. The Bertz CT molecular complexity index is 765. The maximum absolute atomic E-state index is 12.5. The highest BCUT2D eigenvalue weighted by Crippen LogP contribution is 2.26. The van der Waals surface area contributed by atoms with E-state index in [9.17, 15) is 13.2 Å². The monoisotopic (exact) mass is 528 g/mol. The molecular weight excluding hydrogens is 504 g/mol. The van der Waals surface area contributed by atoms with Crippen LogP contribution < -0.4 is 15.4 Å². The number of alkyl halides is 3. The molecule has 2 N–H and O–H groups in total. The third-order valence-corrected chi connectivity index (χ3v) is 4.80. The Morgan fingerprint density at radius 3 is 2.57 bits per heavy atom. The minimum atomic E-state index is -4.72. The SMILES string of the molecule is CN=C(NCCc1csc(C(C)C)n1)NCc1ccccc1OC(F)(F)F.I. The number of nitrogens with one attached hydrogen (secondary N) is 2. The van der Waals surface area contributed by atoms with Crippen LogP contribution in [-0.2, 0) is 13.0 Å². The van der Waals surface area contributed by atoms with Gasteiger partial charge in [0.25, 0.3) is 0 Å². The molecule has 0 bridgehead atoms. The van der Waals surface area contributed by atoms with Gasteiger partial charge in [-0.3, -0.25) is 4.99 Å². The molecule has 2 aromatic rings. The lowest BCUT2D eigenvalue weighted by Crippen LogP contribution is -2.38. The van der Waals surface area contributed by atoms with Crippen LogP contribution in [-0.4, -0.2) is 30.9 Å². The first-order valence-electron chi connectivity index (χ1n) is 8.51. The van der Waals surface area contributed by atoms with Gasteiger partial charge in [0.2, 0.25) is 0 Å². The van der Waals surface area contributed by atoms with Crippen molar-refractivity contribution >= 4 is 41.3 Å². The van der Waals surface area contributed by atoms with Gasteiger partial charge in [-0.2, -0.15) is 0 Å². The molecule has 156 valence electrons. The quantitative estimate of drug-likeness (QED) is 0.311. The zero-order valence-corrected chi connectivity index (χ0v) is 19.0. The van der Waals surface area contributed by atoms with E-state index < -0.39 is 6.36 Å². The van der Waals surface area contributed by atoms with Crippen LogP contribution >= 0.6 is 35.3 Å². The summed E-state index contributed by atoms with van der Waals surface area (Å²) in [6.45, 7) is 4.97. The number of hydrogen-bond acceptors (Lipinski definition) is 4. The van der Waals surface area contributed by atoms with E-state index in [4.69, 9.17) is 0 Å². The fourth-order valence-corrected chi connectivity index (χ4v) is 3.15. The molecule has 0 fully saturated rings. The fourth-order valence-electron chi connectivity index (χ4n) is 2.29. The van der Waals surface area contributed by atoms with Crippen molar-refractivity contribution in [2.75, 3.05) is 13.6 Å². The molecule has 28 heavy (non-hydrogen) atoms. The average molecular weight is 528 g/mol. The standard InChI is InChI=1S/C18H23F3N4OS.HI/c1-12(2)16-25-14(11-27-16)8-9-23-17(22-3)24-10-13-6-4-5-7-15(13)26-18(19,20)21;/h4-7,11-12H,8-10H2,1-3H3,(H2,22,23,24);1H. The summed E-state index contributed by atoms with van der Waals surface area (Å²) in [7, 11) is 1.60. The smallest absolute Gasteiger partial charge is 0.405 e. The van der Waals surface area contributed by atoms with Gasteiger partial charge < -0.3 is 15.4 Å². The number of aliphatic imine (C=N–C) groups is 1. The number of thiazole rings is 1. The molecule has 0 saturated carbocycles. The second-order valence-corrected chi connectivity index (χ2v) is 6.98. The van der Waals surface area contributed by atoms with Crippen LogP contribution in [0.15, 0.2) is 34.6 Å². The van der Waals surface area contributed by atoms with E-state index in [2.05, 4.69) is 39.2 Å². The van der Waals surface area contributed by atoms with Gasteiger partial charge in [-0.25, -0.2) is 4.98 Å². The summed E-state index contributed by atoms with van der Waals surface area (Å²) >= 11 is 1.65. The molecule has 0 radical (unpaired) electrons. The van der Waals surface area contributed by atoms with Crippen molar-refractivity contribution in [3.8, 4) is 5.75 Å². The minimum Gasteiger partial charge on any atom is -0.405 e. The van der Waals surface area contributed by atoms with Gasteiger partial charge in [0.15, 0.2) is 5.96 Å². The topological polar surface area (TPSA) is 58.5 Å². The molecule has 0 spiro atoms. The normalized spacial score (nSPS) is 11.9. The van der Waals surface area contributed by atoms with E-state index in [0.29, 0.717) is 24.0 Å². The summed E-state index contributed by atoms with van der Waals surface area (Å²) in [5.41, 5.74) is 1.40. The Morgan fingerprint density at radius 2 is 1.96 bits per heavy atom. The number of guanidine groups is 1. The first kappa shape index (κ1) is 24.5. The molecule has 0 aliphatic heterocycles. The lowest BCUT2D eigenvalue weighted by atomic mass is 10.2. The van der Waals surface area contributed by atoms with E-state index in [1.54, 1.807) is 30.5 Å². The van der Waals surface area contributed by atoms with Crippen LogP contribution in [0.5, 0.6) is 5.75 Å². The van der Waals surface area contributed by atoms with E-state index in [1.165, 1.54) is 12.1 Å². The van der Waals surface area contributed by atoms with Crippen molar-refractivity contribution < 1.29 is 17.9 Å². The summed E-state index contributed by atoms with van der Waals surface area (Å²) in [6.07, 6.45) is -3.99. The van der Waals surface area contributed by atoms with Gasteiger partial charge >= 0.3 is 6.36 Å². The number of aromatic nitrogens is 1. The van der Waals surface area contributed by atoms with Gasteiger partial charge in [0.1, 0.15) is 5.75 Å². The lowest BCUT2D eigenvalue weighted by Gasteiger charge is -2.15. The second kappa shape index (κ2) is 11.4. The van der Waals surface area contributed by atoms with E-state index >= 15 is 0 Å². The molecule has 1 heterocycles. The van der Waals surface area contributed by atoms with Crippen LogP contribution in [0.3, 0.4) is 0 Å². The maximum Gasteiger partial charge on any atom is 0.573 e. The number of rotatable bonds is 7. The first-order valence-corrected chi connectivity index (χ1v) is 9.39. The number of benzene rings is 1. The number of ether oxygens (including phenoxy) is 1. The van der Waals surface area contributed by atoms with Crippen molar-refractivity contribution in [2.45, 2.75) is 39.1 Å². The third kappa shape index (κ3) is 8.21. The van der Waals surface area contributed by atoms with Gasteiger partial charge in [-0.1, -0.05) is 32.0 Å². The van der Waals surface area contributed by atoms with Gasteiger partial charge in [-0.15, -0.1) is 48.5 Å². The number of halogens is 4. The van der Waals surface area contributed by atoms with E-state index in [0.717, 1.165) is 17.1 Å². The van der Waals surface area contributed by atoms with Gasteiger partial charge in [0.05, 0.1) is 10.7 Å². The molecule has 0 atom stereocenters. The zero-order valence-electron chi connectivity index (χ0n) is 15.8. The summed E-state index contributed by atoms with van der Waals surface area (Å²) in [4.78, 5) is 8.65. The van der Waals surface area contributed by atoms with Crippen molar-refractivity contribution in [2.24, 2.45) is 4.99 Å². The highest BCUT2D eigenvalue weighted by atomic mass is 127. The molecule has 0 unspecified atom stereocenters. The van der Waals surface area contributed by atoms with Gasteiger partial charge in [-0.05, 0) is 6.07 Å². The molecule has 5 nitrogen and oxygen atoms in total. The molecule has 1 aromatic heterocycles. The Labute approximate surface area is 183 Å². The van der Waals surface area contributed by atoms with E-state index in [1.807, 2.05) is 5.38 Å². The van der Waals surface area contributed by atoms with Crippen molar-refractivity contribution in [3.05, 3.63) is 45.9 Å². The molecule has 0 saturated heterocycles. The van der Waals surface area contributed by atoms with Crippen LogP contribution in [0.1, 0.15) is 36.0 Å². The molecular formula is C18H24F3IN4OS. The lowest BCUT2D eigenvalue weighted by molar-refractivity contribution is -0.274. The molecule has 0 aliphatic carbocycles. The summed E-state index contributed by atoms with van der Waals surface area (Å²) in [5.74, 6) is 0.679. The highest BCUT2D eigenvalue weighted by molar-refractivity contribution is 14.0. The summed E-state index contributed by atoms with van der Waals surface area (Å²) in [5, 5.41) is 9.28. The average Bonchev–Trinajstić information content (AvgIpc) is 3.07. The predicted molar refractivity (Wildman–Crippen MR) is 117 cm³/mol. The molecule has 1 aromatic carbocycles. The Balaban J connectivity index is 0.00000392. The summed E-state index contributed by atoms with van der Waals surface area (Å²) < 4.78 is 41.5. The molecule has 0 amide bonds. The van der Waals surface area contributed by atoms with Crippen LogP contribution in [0, 0.1) is 0 Å². The fraction of sp³-hybridized carbons (Fsp3) is 0.444.